The molecule has 0 aliphatic carbocycles. The summed E-state index contributed by atoms with van der Waals surface area (Å²) in [6.07, 6.45) is 1.31. The van der Waals surface area contributed by atoms with Gasteiger partial charge in [0, 0.05) is 6.61 Å². The van der Waals surface area contributed by atoms with Gasteiger partial charge in [-0.1, -0.05) is 30.3 Å². The summed E-state index contributed by atoms with van der Waals surface area (Å²) in [6.45, 7) is 0.779. The van der Waals surface area contributed by atoms with Gasteiger partial charge in [0.15, 0.2) is 6.10 Å². The highest BCUT2D eigenvalue weighted by molar-refractivity contribution is 5.72. The molecule has 1 aromatic rings. The fraction of sp³-hybridized carbons (Fsp3) is 0.462. The maximum atomic E-state index is 10.8. The second-order valence-electron chi connectivity index (χ2n) is 3.86. The van der Waals surface area contributed by atoms with Crippen molar-refractivity contribution in [3.63, 3.8) is 0 Å². The number of aliphatic carboxylic acids is 1. The number of carboxylic acids is 1. The van der Waals surface area contributed by atoms with Crippen LogP contribution in [0, 0.1) is 0 Å². The first kappa shape index (κ1) is 13.7. The zero-order valence-electron chi connectivity index (χ0n) is 9.84. The fourth-order valence-corrected chi connectivity index (χ4v) is 1.58. The van der Waals surface area contributed by atoms with Crippen molar-refractivity contribution < 1.29 is 14.6 Å². The monoisotopic (exact) mass is 237 g/mol. The molecule has 0 fully saturated rings. The predicted molar refractivity (Wildman–Crippen MR) is 65.8 cm³/mol. The zero-order valence-corrected chi connectivity index (χ0v) is 9.84. The van der Waals surface area contributed by atoms with Crippen LogP contribution in [0.2, 0.25) is 0 Å². The second kappa shape index (κ2) is 7.81. The smallest absolute Gasteiger partial charge is 0.332 e. The van der Waals surface area contributed by atoms with Crippen LogP contribution in [0.15, 0.2) is 30.3 Å². The number of hydrogen-bond donors (Lipinski definition) is 2. The van der Waals surface area contributed by atoms with E-state index < -0.39 is 12.1 Å². The minimum atomic E-state index is -0.935. The topological polar surface area (TPSA) is 72.5 Å². The lowest BCUT2D eigenvalue weighted by molar-refractivity contribution is -0.150. The maximum absolute atomic E-state index is 10.8. The third-order valence-corrected chi connectivity index (χ3v) is 2.48. The molecule has 0 aliphatic heterocycles. The highest BCUT2D eigenvalue weighted by atomic mass is 16.5. The molecule has 0 aliphatic rings. The van der Waals surface area contributed by atoms with E-state index in [1.807, 2.05) is 18.2 Å². The van der Waals surface area contributed by atoms with Gasteiger partial charge in [-0.25, -0.2) is 4.79 Å². The van der Waals surface area contributed by atoms with Crippen molar-refractivity contribution in [2.24, 2.45) is 5.73 Å². The van der Waals surface area contributed by atoms with E-state index in [0.717, 1.165) is 12.8 Å². The summed E-state index contributed by atoms with van der Waals surface area (Å²) in [6, 6.07) is 10.1. The minimum absolute atomic E-state index is 0.329. The van der Waals surface area contributed by atoms with E-state index >= 15 is 0 Å². The molecule has 0 bridgehead atoms. The number of ether oxygens (including phenoxy) is 1. The molecule has 3 N–H and O–H groups in total. The van der Waals surface area contributed by atoms with Crippen LogP contribution < -0.4 is 5.73 Å². The summed E-state index contributed by atoms with van der Waals surface area (Å²) in [5.41, 5.74) is 6.56. The molecule has 4 nitrogen and oxygen atoms in total. The van der Waals surface area contributed by atoms with Crippen molar-refractivity contribution in [3.8, 4) is 0 Å². The molecule has 1 unspecified atom stereocenters. The Hall–Kier alpha value is -1.39. The quantitative estimate of drug-likeness (QED) is 0.671. The van der Waals surface area contributed by atoms with Gasteiger partial charge in [-0.3, -0.25) is 0 Å². The first-order valence-corrected chi connectivity index (χ1v) is 5.82. The number of benzene rings is 1. The number of hydrogen-bond acceptors (Lipinski definition) is 3. The van der Waals surface area contributed by atoms with Crippen molar-refractivity contribution in [3.05, 3.63) is 35.9 Å². The van der Waals surface area contributed by atoms with Crippen LogP contribution in [0.5, 0.6) is 0 Å². The molecule has 4 heteroatoms. The normalized spacial score (nSPS) is 12.3. The van der Waals surface area contributed by atoms with Gasteiger partial charge in [0.2, 0.25) is 0 Å². The number of rotatable bonds is 8. The Labute approximate surface area is 101 Å². The Bertz CT molecular complexity index is 327. The molecular formula is C13H19NO3. The Kier molecular flexibility index (Phi) is 6.29. The van der Waals surface area contributed by atoms with Gasteiger partial charge in [-0.05, 0) is 31.4 Å². The fourth-order valence-electron chi connectivity index (χ4n) is 1.58. The van der Waals surface area contributed by atoms with Crippen molar-refractivity contribution in [1.82, 2.24) is 0 Å². The number of carbonyl (C=O) groups is 1. The van der Waals surface area contributed by atoms with E-state index in [0.29, 0.717) is 19.6 Å². The van der Waals surface area contributed by atoms with Crippen LogP contribution in [0.25, 0.3) is 0 Å². The third-order valence-electron chi connectivity index (χ3n) is 2.48. The van der Waals surface area contributed by atoms with Crippen LogP contribution in [-0.2, 0) is 16.0 Å². The van der Waals surface area contributed by atoms with Crippen LogP contribution in [0.3, 0.4) is 0 Å². The molecule has 0 heterocycles. The van der Waals surface area contributed by atoms with Crippen molar-refractivity contribution in [2.45, 2.75) is 25.4 Å². The molecular weight excluding hydrogens is 218 g/mol. The third kappa shape index (κ3) is 5.47. The number of aryl methyl sites for hydroxylation is 1. The van der Waals surface area contributed by atoms with E-state index in [4.69, 9.17) is 15.6 Å². The Morgan fingerprint density at radius 1 is 1.35 bits per heavy atom. The summed E-state index contributed by atoms with van der Waals surface area (Å²) in [7, 11) is 0. The molecule has 0 aromatic heterocycles. The van der Waals surface area contributed by atoms with E-state index in [9.17, 15) is 4.79 Å². The standard InChI is InChI=1S/C13H19NO3/c14-9-8-12(13(15)16)17-10-4-7-11-5-2-1-3-6-11/h1-3,5-6,12H,4,7-10,14H2,(H,15,16). The zero-order chi connectivity index (χ0) is 12.5. The predicted octanol–water partition coefficient (Wildman–Crippen LogP) is 1.44. The van der Waals surface area contributed by atoms with Gasteiger partial charge in [-0.15, -0.1) is 0 Å². The lowest BCUT2D eigenvalue weighted by Crippen LogP contribution is -2.27. The molecule has 94 valence electrons. The maximum Gasteiger partial charge on any atom is 0.332 e. The molecule has 0 saturated heterocycles. The van der Waals surface area contributed by atoms with Crippen molar-refractivity contribution in [2.75, 3.05) is 13.2 Å². The van der Waals surface area contributed by atoms with Gasteiger partial charge < -0.3 is 15.6 Å². The molecule has 1 rings (SSSR count). The molecule has 0 radical (unpaired) electrons. The minimum Gasteiger partial charge on any atom is -0.479 e. The van der Waals surface area contributed by atoms with Crippen LogP contribution >= 0.6 is 0 Å². The summed E-state index contributed by atoms with van der Waals surface area (Å²) in [4.78, 5) is 10.8. The SMILES string of the molecule is NCCC(OCCCc1ccccc1)C(=O)O. The van der Waals surface area contributed by atoms with Gasteiger partial charge >= 0.3 is 5.97 Å². The molecule has 0 spiro atoms. The summed E-state index contributed by atoms with van der Waals surface area (Å²) >= 11 is 0. The lowest BCUT2D eigenvalue weighted by atomic mass is 10.1. The molecule has 17 heavy (non-hydrogen) atoms. The van der Waals surface area contributed by atoms with Gasteiger partial charge in [-0.2, -0.15) is 0 Å². The number of carboxylic acid groups (broad SMARTS) is 1. The highest BCUT2D eigenvalue weighted by Crippen LogP contribution is 2.04. The molecule has 1 atom stereocenters. The lowest BCUT2D eigenvalue weighted by Gasteiger charge is -2.12. The van der Waals surface area contributed by atoms with Gasteiger partial charge in [0.1, 0.15) is 0 Å². The van der Waals surface area contributed by atoms with Gasteiger partial charge in [0.25, 0.3) is 0 Å². The first-order valence-electron chi connectivity index (χ1n) is 5.82. The van der Waals surface area contributed by atoms with Crippen molar-refractivity contribution in [1.29, 1.82) is 0 Å². The second-order valence-corrected chi connectivity index (χ2v) is 3.86. The molecule has 1 aromatic carbocycles. The van der Waals surface area contributed by atoms with E-state index in [1.165, 1.54) is 5.56 Å². The van der Waals surface area contributed by atoms with E-state index in [2.05, 4.69) is 12.1 Å². The summed E-state index contributed by atoms with van der Waals surface area (Å²) in [5.74, 6) is -0.935. The van der Waals surface area contributed by atoms with Crippen molar-refractivity contribution >= 4 is 5.97 Å². The number of nitrogens with two attached hydrogens (primary N) is 1. The molecule has 0 amide bonds. The Morgan fingerprint density at radius 2 is 2.06 bits per heavy atom. The summed E-state index contributed by atoms with van der Waals surface area (Å²) < 4.78 is 5.29. The first-order chi connectivity index (χ1) is 8.24. The highest BCUT2D eigenvalue weighted by Gasteiger charge is 2.16. The van der Waals surface area contributed by atoms with Gasteiger partial charge in [0.05, 0.1) is 0 Å². The van der Waals surface area contributed by atoms with Crippen LogP contribution in [0.4, 0.5) is 0 Å². The largest absolute Gasteiger partial charge is 0.479 e. The average Bonchev–Trinajstić information content (AvgIpc) is 2.34. The van der Waals surface area contributed by atoms with E-state index in [-0.39, 0.29) is 0 Å². The Morgan fingerprint density at radius 3 is 2.65 bits per heavy atom. The average molecular weight is 237 g/mol. The summed E-state index contributed by atoms with van der Waals surface area (Å²) in [5, 5.41) is 8.84. The van der Waals surface area contributed by atoms with E-state index in [1.54, 1.807) is 0 Å². The molecule has 0 saturated carbocycles. The van der Waals surface area contributed by atoms with Crippen LogP contribution in [-0.4, -0.2) is 30.3 Å². The Balaban J connectivity index is 2.20. The van der Waals surface area contributed by atoms with Crippen LogP contribution in [0.1, 0.15) is 18.4 Å².